The Morgan fingerprint density at radius 3 is 2.60 bits per heavy atom. The zero-order valence-corrected chi connectivity index (χ0v) is 11.0. The molecule has 15 heavy (non-hydrogen) atoms. The molecule has 0 bridgehead atoms. The van der Waals surface area contributed by atoms with Gasteiger partial charge in [-0.15, -0.1) is 5.73 Å². The van der Waals surface area contributed by atoms with Crippen molar-refractivity contribution in [3.05, 3.63) is 45.6 Å². The first kappa shape index (κ1) is 12.3. The van der Waals surface area contributed by atoms with Crippen LogP contribution in [0.2, 0.25) is 0 Å². The van der Waals surface area contributed by atoms with Gasteiger partial charge < -0.3 is 0 Å². The van der Waals surface area contributed by atoms with E-state index in [1.165, 1.54) is 24.0 Å². The highest BCUT2D eigenvalue weighted by molar-refractivity contribution is 9.11. The van der Waals surface area contributed by atoms with Crippen molar-refractivity contribution >= 4 is 22.0 Å². The highest BCUT2D eigenvalue weighted by Crippen LogP contribution is 2.13. The van der Waals surface area contributed by atoms with Gasteiger partial charge in [0.1, 0.15) is 0 Å². The summed E-state index contributed by atoms with van der Waals surface area (Å²) in [7, 11) is 0. The lowest BCUT2D eigenvalue weighted by atomic mass is 10.1. The van der Waals surface area contributed by atoms with E-state index in [0.29, 0.717) is 0 Å². The summed E-state index contributed by atoms with van der Waals surface area (Å²) in [5, 5.41) is 0. The molecule has 1 aromatic carbocycles. The maximum absolute atomic E-state index is 3.53. The van der Waals surface area contributed by atoms with E-state index in [2.05, 4.69) is 59.8 Å². The number of hydrogen-bond acceptors (Lipinski definition) is 0. The molecule has 0 radical (unpaired) electrons. The molecule has 0 atom stereocenters. The fourth-order valence-electron chi connectivity index (χ4n) is 1.23. The normalized spacial score (nSPS) is 9.53. The zero-order valence-electron chi connectivity index (χ0n) is 9.39. The third-order valence-corrected chi connectivity index (χ3v) is 2.85. The molecule has 0 saturated heterocycles. The summed E-state index contributed by atoms with van der Waals surface area (Å²) in [6.45, 7) is 4.30. The van der Waals surface area contributed by atoms with Crippen molar-refractivity contribution in [2.45, 2.75) is 33.1 Å². The van der Waals surface area contributed by atoms with Gasteiger partial charge in [0, 0.05) is 4.48 Å². The van der Waals surface area contributed by atoms with Crippen molar-refractivity contribution in [2.75, 3.05) is 0 Å². The van der Waals surface area contributed by atoms with Gasteiger partial charge in [0.2, 0.25) is 0 Å². The fourth-order valence-corrected chi connectivity index (χ4v) is 1.62. The van der Waals surface area contributed by atoms with Crippen LogP contribution in [0.5, 0.6) is 0 Å². The molecule has 0 N–H and O–H groups in total. The fraction of sp³-hybridized carbons (Fsp3) is 0.357. The molecular weight excluding hydrogens is 248 g/mol. The van der Waals surface area contributed by atoms with Crippen LogP contribution < -0.4 is 0 Å². The monoisotopic (exact) mass is 264 g/mol. The molecule has 0 aromatic heterocycles. The second kappa shape index (κ2) is 6.66. The molecule has 0 saturated carbocycles. The number of halogens is 1. The Labute approximate surface area is 101 Å². The highest BCUT2D eigenvalue weighted by Gasteiger charge is 1.89. The van der Waals surface area contributed by atoms with Crippen molar-refractivity contribution in [1.82, 2.24) is 0 Å². The first-order valence-electron chi connectivity index (χ1n) is 5.40. The summed E-state index contributed by atoms with van der Waals surface area (Å²) in [5.74, 6) is 0. The minimum atomic E-state index is 1.08. The second-order valence-electron chi connectivity index (χ2n) is 3.71. The predicted molar refractivity (Wildman–Crippen MR) is 71.1 cm³/mol. The summed E-state index contributed by atoms with van der Waals surface area (Å²) in [6.07, 6.45) is 5.55. The van der Waals surface area contributed by atoms with Crippen molar-refractivity contribution < 1.29 is 0 Å². The van der Waals surface area contributed by atoms with E-state index in [1.54, 1.807) is 0 Å². The summed E-state index contributed by atoms with van der Waals surface area (Å²) in [6, 6.07) is 8.46. The average molecular weight is 265 g/mol. The number of benzene rings is 1. The van der Waals surface area contributed by atoms with E-state index in [1.807, 2.05) is 6.08 Å². The smallest absolute Gasteiger partial charge is 0.0368 e. The Balaban J connectivity index is 2.67. The van der Waals surface area contributed by atoms with Gasteiger partial charge >= 0.3 is 0 Å². The summed E-state index contributed by atoms with van der Waals surface area (Å²) < 4.78 is 1.16. The van der Waals surface area contributed by atoms with Gasteiger partial charge in [-0.05, 0) is 47.3 Å². The molecule has 0 aliphatic heterocycles. The van der Waals surface area contributed by atoms with E-state index in [0.717, 1.165) is 10.9 Å². The Hall–Kier alpha value is -0.780. The van der Waals surface area contributed by atoms with Gasteiger partial charge in [-0.2, -0.15) is 0 Å². The second-order valence-corrected chi connectivity index (χ2v) is 4.67. The molecule has 1 aromatic rings. The minimum Gasteiger partial charge on any atom is -0.109 e. The molecule has 0 aliphatic rings. The summed E-state index contributed by atoms with van der Waals surface area (Å²) in [4.78, 5) is 0. The summed E-state index contributed by atoms with van der Waals surface area (Å²) in [5.41, 5.74) is 5.76. The molecule has 0 aliphatic carbocycles. The van der Waals surface area contributed by atoms with Crippen LogP contribution in [-0.4, -0.2) is 0 Å². The Morgan fingerprint density at radius 2 is 2.00 bits per heavy atom. The number of rotatable bonds is 4. The van der Waals surface area contributed by atoms with Crippen LogP contribution in [-0.2, 0) is 0 Å². The van der Waals surface area contributed by atoms with Crippen LogP contribution >= 0.6 is 15.9 Å². The van der Waals surface area contributed by atoms with Crippen molar-refractivity contribution in [1.29, 1.82) is 0 Å². The minimum absolute atomic E-state index is 1.08. The Morgan fingerprint density at radius 1 is 1.33 bits per heavy atom. The van der Waals surface area contributed by atoms with E-state index < -0.39 is 0 Å². The number of hydrogen-bond donors (Lipinski definition) is 0. The molecule has 1 heteroatoms. The maximum atomic E-state index is 3.53. The molecular formula is C14H17Br. The van der Waals surface area contributed by atoms with Crippen LogP contribution in [0.4, 0.5) is 0 Å². The lowest BCUT2D eigenvalue weighted by molar-refractivity contribution is 0.811. The number of allylic oxidation sites excluding steroid dienone is 1. The first-order valence-corrected chi connectivity index (χ1v) is 6.19. The van der Waals surface area contributed by atoms with Crippen LogP contribution in [0.25, 0.3) is 6.08 Å². The maximum Gasteiger partial charge on any atom is 0.0368 e. The topological polar surface area (TPSA) is 0 Å². The van der Waals surface area contributed by atoms with Gasteiger partial charge in [0.25, 0.3) is 0 Å². The first-order chi connectivity index (χ1) is 7.22. The van der Waals surface area contributed by atoms with Crippen LogP contribution in [0.3, 0.4) is 0 Å². The van der Waals surface area contributed by atoms with Crippen LogP contribution in [0.1, 0.15) is 37.3 Å². The van der Waals surface area contributed by atoms with Crippen LogP contribution in [0.15, 0.2) is 34.5 Å². The Bertz CT molecular complexity index is 353. The molecule has 80 valence electrons. The van der Waals surface area contributed by atoms with E-state index >= 15 is 0 Å². The SMILES string of the molecule is CCCCC(Br)=C=Cc1ccc(C)cc1. The molecule has 0 heterocycles. The molecule has 0 fully saturated rings. The molecule has 0 unspecified atom stereocenters. The van der Waals surface area contributed by atoms with Gasteiger partial charge in [-0.1, -0.05) is 43.2 Å². The highest BCUT2D eigenvalue weighted by atomic mass is 79.9. The summed E-state index contributed by atoms with van der Waals surface area (Å²) >= 11 is 3.53. The Kier molecular flexibility index (Phi) is 5.45. The van der Waals surface area contributed by atoms with E-state index in [9.17, 15) is 0 Å². The van der Waals surface area contributed by atoms with Crippen LogP contribution in [0, 0.1) is 6.92 Å². The number of aryl methyl sites for hydroxylation is 1. The predicted octanol–water partition coefficient (Wildman–Crippen LogP) is 5.08. The lowest BCUT2D eigenvalue weighted by Gasteiger charge is -1.94. The number of unbranched alkanes of at least 4 members (excludes halogenated alkanes) is 1. The van der Waals surface area contributed by atoms with E-state index in [4.69, 9.17) is 0 Å². The molecule has 0 nitrogen and oxygen atoms in total. The average Bonchev–Trinajstić information content (AvgIpc) is 2.25. The zero-order chi connectivity index (χ0) is 11.1. The van der Waals surface area contributed by atoms with Gasteiger partial charge in [-0.3, -0.25) is 0 Å². The van der Waals surface area contributed by atoms with Gasteiger partial charge in [0.15, 0.2) is 0 Å². The quantitative estimate of drug-likeness (QED) is 0.666. The van der Waals surface area contributed by atoms with Crippen molar-refractivity contribution in [2.24, 2.45) is 0 Å². The molecule has 0 spiro atoms. The van der Waals surface area contributed by atoms with Crippen molar-refractivity contribution in [3.63, 3.8) is 0 Å². The molecule has 0 amide bonds. The third-order valence-electron chi connectivity index (χ3n) is 2.22. The van der Waals surface area contributed by atoms with Gasteiger partial charge in [0.05, 0.1) is 0 Å². The third kappa shape index (κ3) is 5.01. The van der Waals surface area contributed by atoms with Crippen molar-refractivity contribution in [3.8, 4) is 0 Å². The largest absolute Gasteiger partial charge is 0.109 e. The molecule has 1 rings (SSSR count). The van der Waals surface area contributed by atoms with E-state index in [-0.39, 0.29) is 0 Å². The standard InChI is InChI=1S/C14H17Br/c1-3-4-5-14(15)11-10-13-8-6-12(2)7-9-13/h6-10H,3-5H2,1-2H3. The lowest BCUT2D eigenvalue weighted by Crippen LogP contribution is -1.73. The van der Waals surface area contributed by atoms with Gasteiger partial charge in [-0.25, -0.2) is 0 Å².